The van der Waals surface area contributed by atoms with Crippen LogP contribution in [0, 0.1) is 23.7 Å². The molecule has 90 heavy (non-hydrogen) atoms. The van der Waals surface area contributed by atoms with Crippen LogP contribution in [0.1, 0.15) is 306 Å². The molecule has 12 heteroatoms. The number of unbranched alkanes of at least 4 members (excludes halogenated alkanes) is 38. The third-order valence-electron chi connectivity index (χ3n) is 16.4. The molecule has 0 heterocycles. The maximum absolute atomic E-state index is 12.7. The number of ether oxygens (including phenoxy) is 8. The van der Waals surface area contributed by atoms with E-state index >= 15 is 0 Å². The highest BCUT2D eigenvalue weighted by Gasteiger charge is 2.20. The van der Waals surface area contributed by atoms with Gasteiger partial charge in [-0.15, -0.1) is 0 Å². The normalized spacial score (nSPS) is 11.7. The van der Waals surface area contributed by atoms with E-state index in [4.69, 9.17) is 37.9 Å². The summed E-state index contributed by atoms with van der Waals surface area (Å²) in [5.74, 6) is 11.6. The summed E-state index contributed by atoms with van der Waals surface area (Å²) in [5, 5.41) is 0. The van der Waals surface area contributed by atoms with Crippen LogP contribution in [0.4, 0.5) is 0 Å². The van der Waals surface area contributed by atoms with E-state index in [0.29, 0.717) is 38.9 Å². The van der Waals surface area contributed by atoms with Gasteiger partial charge in [-0.05, 0) is 74.3 Å². The number of methoxy groups -OCH3 is 2. The molecule has 2 aromatic rings. The van der Waals surface area contributed by atoms with Crippen molar-refractivity contribution >= 4 is 23.9 Å². The Morgan fingerprint density at radius 1 is 0.311 bits per heavy atom. The second kappa shape index (κ2) is 64.4. The van der Waals surface area contributed by atoms with E-state index in [1.165, 1.54) is 154 Å². The summed E-state index contributed by atoms with van der Waals surface area (Å²) in [4.78, 5) is 50.7. The van der Waals surface area contributed by atoms with Crippen LogP contribution in [0.3, 0.4) is 0 Å². The molecule has 0 fully saturated rings. The second-order valence-electron chi connectivity index (χ2n) is 24.8. The molecule has 12 nitrogen and oxygen atoms in total. The Bertz CT molecular complexity index is 1930. The van der Waals surface area contributed by atoms with Gasteiger partial charge in [0.2, 0.25) is 0 Å². The number of hydrogen-bond donors (Lipinski definition) is 0. The quantitative estimate of drug-likeness (QED) is 0.0269. The van der Waals surface area contributed by atoms with Gasteiger partial charge in [-0.25, -0.2) is 0 Å². The molecule has 0 spiro atoms. The molecule has 2 aromatic carbocycles. The molecule has 0 aliphatic rings. The Morgan fingerprint density at radius 3 is 0.856 bits per heavy atom. The second-order valence-corrected chi connectivity index (χ2v) is 24.8. The first-order chi connectivity index (χ1) is 44.4. The molecular formula is C78H126O12. The lowest BCUT2D eigenvalue weighted by atomic mass is 10.0. The Morgan fingerprint density at radius 2 is 0.567 bits per heavy atom. The van der Waals surface area contributed by atoms with Gasteiger partial charge in [0.25, 0.3) is 0 Å². The van der Waals surface area contributed by atoms with Gasteiger partial charge in [0.05, 0.1) is 26.4 Å². The number of rotatable bonds is 64. The Kier molecular flexibility index (Phi) is 58.2. The van der Waals surface area contributed by atoms with Crippen molar-refractivity contribution in [2.45, 2.75) is 321 Å². The summed E-state index contributed by atoms with van der Waals surface area (Å²) < 4.78 is 44.7. The number of esters is 4. The van der Waals surface area contributed by atoms with Gasteiger partial charge in [-0.1, -0.05) is 278 Å². The van der Waals surface area contributed by atoms with Crippen molar-refractivity contribution < 1.29 is 57.1 Å². The van der Waals surface area contributed by atoms with E-state index in [9.17, 15) is 19.2 Å². The highest BCUT2D eigenvalue weighted by molar-refractivity contribution is 5.71. The molecular weight excluding hydrogens is 1130 g/mol. The van der Waals surface area contributed by atoms with E-state index in [1.54, 1.807) is 14.2 Å². The summed E-state index contributed by atoms with van der Waals surface area (Å²) >= 11 is 0. The fourth-order valence-electron chi connectivity index (χ4n) is 10.9. The molecule has 0 radical (unpaired) electrons. The number of carbonyl (C=O) groups is 4. The van der Waals surface area contributed by atoms with Crippen LogP contribution in [0.5, 0.6) is 0 Å². The molecule has 510 valence electrons. The van der Waals surface area contributed by atoms with Gasteiger partial charge in [-0.2, -0.15) is 0 Å². The lowest BCUT2D eigenvalue weighted by Crippen LogP contribution is -2.29. The molecule has 0 amide bonds. The van der Waals surface area contributed by atoms with Crippen molar-refractivity contribution in [1.82, 2.24) is 0 Å². The predicted molar refractivity (Wildman–Crippen MR) is 366 cm³/mol. The smallest absolute Gasteiger partial charge is 0.306 e. The first-order valence-electron chi connectivity index (χ1n) is 36.3. The zero-order valence-electron chi connectivity index (χ0n) is 57.0. The Balaban J connectivity index is 1.38. The van der Waals surface area contributed by atoms with Gasteiger partial charge < -0.3 is 37.9 Å². The maximum atomic E-state index is 12.7. The molecule has 2 atom stereocenters. The number of hydrogen-bond acceptors (Lipinski definition) is 12. The summed E-state index contributed by atoms with van der Waals surface area (Å²) in [5.41, 5.74) is 2.08. The van der Waals surface area contributed by atoms with Gasteiger partial charge in [0.15, 0.2) is 12.2 Å². The standard InChI is InChI=1S/C78H126O12/c1-83-63-53-41-35-29-23-27-33-39-51-61-77(81)89-73(67-85-65-71-55-45-43-46-56-71)69-87-75(79)59-49-37-31-25-21-19-17-15-13-11-9-7-5-3-4-6-8-10-12-14-16-18-20-22-26-32-38-50-60-76(80)88-70-74(68-86-66-72-57-47-44-48-58-72)90-78(82)62-52-40-34-28-24-30-36-42-54-64-84-2/h43-48,55-58,73-74H,7-42,49-54,59-70H2,1-2H3/t73-,74-/m0/s1. The SMILES string of the molecule is COCCCCCCCCCCCC(=O)O[C@@H](COCc1ccccc1)COC(=O)CCCCCCCCCCCCCC#CC#CCCCCCCCCCCCCCC(=O)OC[C@H](COCc1ccccc1)OC(=O)CCCCCCCCCCCOC. The van der Waals surface area contributed by atoms with Crippen LogP contribution in [0.25, 0.3) is 0 Å². The van der Waals surface area contributed by atoms with Crippen molar-refractivity contribution in [3.63, 3.8) is 0 Å². The van der Waals surface area contributed by atoms with E-state index in [-0.39, 0.29) is 50.3 Å². The Hall–Kier alpha value is -4.72. The van der Waals surface area contributed by atoms with E-state index < -0.39 is 12.2 Å². The average molecular weight is 1260 g/mol. The van der Waals surface area contributed by atoms with Gasteiger partial charge in [-0.3, -0.25) is 19.2 Å². The third kappa shape index (κ3) is 56.1. The lowest BCUT2D eigenvalue weighted by molar-refractivity contribution is -0.163. The summed E-state index contributed by atoms with van der Waals surface area (Å²) in [6.45, 7) is 2.91. The van der Waals surface area contributed by atoms with Crippen molar-refractivity contribution in [3.8, 4) is 23.7 Å². The highest BCUT2D eigenvalue weighted by Crippen LogP contribution is 2.18. The van der Waals surface area contributed by atoms with Crippen LogP contribution in [-0.2, 0) is 70.3 Å². The van der Waals surface area contributed by atoms with Crippen LogP contribution < -0.4 is 0 Å². The zero-order valence-corrected chi connectivity index (χ0v) is 57.0. The van der Waals surface area contributed by atoms with Crippen molar-refractivity contribution in [3.05, 3.63) is 71.8 Å². The van der Waals surface area contributed by atoms with Gasteiger partial charge in [0, 0.05) is 66.0 Å². The van der Waals surface area contributed by atoms with E-state index in [2.05, 4.69) is 23.7 Å². The third-order valence-corrected chi connectivity index (χ3v) is 16.4. The monoisotopic (exact) mass is 1250 g/mol. The molecule has 0 aromatic heterocycles. The molecule has 0 saturated carbocycles. The molecule has 0 bridgehead atoms. The minimum absolute atomic E-state index is 0.0188. The molecule has 0 saturated heterocycles. The maximum Gasteiger partial charge on any atom is 0.306 e. The topological polar surface area (TPSA) is 142 Å². The van der Waals surface area contributed by atoms with Crippen LogP contribution in [0.15, 0.2) is 60.7 Å². The highest BCUT2D eigenvalue weighted by atomic mass is 16.6. The Labute approximate surface area is 548 Å². The number of carbonyl (C=O) groups excluding carboxylic acids is 4. The molecule has 0 N–H and O–H groups in total. The fraction of sp³-hybridized carbons (Fsp3) is 0.744. The van der Waals surface area contributed by atoms with Gasteiger partial charge >= 0.3 is 23.9 Å². The first-order valence-corrected chi connectivity index (χ1v) is 36.3. The van der Waals surface area contributed by atoms with E-state index in [1.807, 2.05) is 60.7 Å². The summed E-state index contributed by atoms with van der Waals surface area (Å²) in [6, 6.07) is 19.8. The number of benzene rings is 2. The molecule has 0 unspecified atom stereocenters. The molecule has 2 rings (SSSR count). The van der Waals surface area contributed by atoms with E-state index in [0.717, 1.165) is 140 Å². The summed E-state index contributed by atoms with van der Waals surface area (Å²) in [7, 11) is 3.51. The van der Waals surface area contributed by atoms with Crippen LogP contribution in [0.2, 0.25) is 0 Å². The fourth-order valence-corrected chi connectivity index (χ4v) is 10.9. The van der Waals surface area contributed by atoms with Crippen molar-refractivity contribution in [1.29, 1.82) is 0 Å². The lowest BCUT2D eigenvalue weighted by Gasteiger charge is -2.18. The molecule has 0 aliphatic heterocycles. The zero-order chi connectivity index (χ0) is 64.4. The summed E-state index contributed by atoms with van der Waals surface area (Å²) in [6.07, 6.45) is 48.4. The van der Waals surface area contributed by atoms with Crippen molar-refractivity contribution in [2.75, 3.05) is 53.9 Å². The first kappa shape index (κ1) is 81.4. The predicted octanol–water partition coefficient (Wildman–Crippen LogP) is 19.6. The van der Waals surface area contributed by atoms with Crippen LogP contribution in [-0.4, -0.2) is 89.9 Å². The minimum Gasteiger partial charge on any atom is -0.462 e. The van der Waals surface area contributed by atoms with Crippen molar-refractivity contribution in [2.24, 2.45) is 0 Å². The van der Waals surface area contributed by atoms with Crippen LogP contribution >= 0.6 is 0 Å². The minimum atomic E-state index is -0.618. The largest absolute Gasteiger partial charge is 0.462 e. The average Bonchev–Trinajstić information content (AvgIpc) is 3.70. The van der Waals surface area contributed by atoms with Gasteiger partial charge in [0.1, 0.15) is 13.2 Å². The molecule has 0 aliphatic carbocycles.